The Morgan fingerprint density at radius 3 is 2.58 bits per heavy atom. The van der Waals surface area contributed by atoms with Crippen LogP contribution in [0, 0.1) is 5.92 Å². The zero-order chi connectivity index (χ0) is 17.5. The largest absolute Gasteiger partial charge is 0.356 e. The average molecular weight is 471 g/mol. The van der Waals surface area contributed by atoms with Gasteiger partial charge in [-0.1, -0.05) is 30.3 Å². The number of hydrogen-bond acceptors (Lipinski definition) is 3. The van der Waals surface area contributed by atoms with Crippen molar-refractivity contribution in [3.63, 3.8) is 0 Å². The summed E-state index contributed by atoms with van der Waals surface area (Å²) in [6, 6.07) is 11.4. The maximum atomic E-state index is 4.40. The van der Waals surface area contributed by atoms with Gasteiger partial charge in [-0.3, -0.25) is 9.89 Å². The normalized spacial score (nSPS) is 24.5. The van der Waals surface area contributed by atoms with Crippen molar-refractivity contribution in [1.82, 2.24) is 20.4 Å². The van der Waals surface area contributed by atoms with E-state index in [-0.39, 0.29) is 24.0 Å². The number of likely N-dealkylation sites (tertiary alicyclic amines) is 2. The standard InChI is InChI=1S/C20H33N5.HI/c1-21-20(22-13-18-10-12-24(2)15-18)23-14-19-9-6-11-25(19)16-17-7-4-3-5-8-17;/h3-5,7-8,18-19H,6,9-16H2,1-2H3,(H2,21,22,23);1H. The number of aliphatic imine (C=N–C) groups is 1. The first-order chi connectivity index (χ1) is 12.2. The number of rotatable bonds is 6. The lowest BCUT2D eigenvalue weighted by Crippen LogP contribution is -2.45. The van der Waals surface area contributed by atoms with Gasteiger partial charge in [0.25, 0.3) is 0 Å². The van der Waals surface area contributed by atoms with E-state index in [9.17, 15) is 0 Å². The molecule has 26 heavy (non-hydrogen) atoms. The minimum Gasteiger partial charge on any atom is -0.356 e. The molecule has 0 aliphatic carbocycles. The van der Waals surface area contributed by atoms with Gasteiger partial charge in [-0.25, -0.2) is 0 Å². The van der Waals surface area contributed by atoms with Gasteiger partial charge in [-0.05, 0) is 50.9 Å². The fourth-order valence-electron chi connectivity index (χ4n) is 4.02. The number of hydrogen-bond donors (Lipinski definition) is 2. The van der Waals surface area contributed by atoms with Crippen LogP contribution in [-0.2, 0) is 6.54 Å². The Hall–Kier alpha value is -0.860. The number of nitrogens with zero attached hydrogens (tertiary/aromatic N) is 3. The van der Waals surface area contributed by atoms with Crippen LogP contribution in [0.3, 0.4) is 0 Å². The van der Waals surface area contributed by atoms with Crippen LogP contribution in [0.1, 0.15) is 24.8 Å². The SMILES string of the molecule is CN=C(NCC1CCN(C)C1)NCC1CCCN1Cc1ccccc1.I. The van der Waals surface area contributed by atoms with Crippen molar-refractivity contribution in [3.8, 4) is 0 Å². The number of nitrogens with one attached hydrogen (secondary N) is 2. The first kappa shape index (κ1) is 21.4. The van der Waals surface area contributed by atoms with E-state index in [0.29, 0.717) is 6.04 Å². The van der Waals surface area contributed by atoms with Gasteiger partial charge >= 0.3 is 0 Å². The predicted molar refractivity (Wildman–Crippen MR) is 120 cm³/mol. The molecule has 1 aromatic rings. The molecule has 2 aliphatic heterocycles. The highest BCUT2D eigenvalue weighted by Crippen LogP contribution is 2.19. The first-order valence-corrected chi connectivity index (χ1v) is 9.65. The lowest BCUT2D eigenvalue weighted by molar-refractivity contribution is 0.245. The summed E-state index contributed by atoms with van der Waals surface area (Å²) in [4.78, 5) is 9.40. The fourth-order valence-corrected chi connectivity index (χ4v) is 4.02. The lowest BCUT2D eigenvalue weighted by Gasteiger charge is -2.26. The molecule has 0 amide bonds. The van der Waals surface area contributed by atoms with Gasteiger partial charge in [0, 0.05) is 39.3 Å². The quantitative estimate of drug-likeness (QED) is 0.380. The van der Waals surface area contributed by atoms with Crippen LogP contribution in [-0.4, -0.2) is 68.6 Å². The molecule has 0 bridgehead atoms. The van der Waals surface area contributed by atoms with Crippen molar-refractivity contribution >= 4 is 29.9 Å². The first-order valence-electron chi connectivity index (χ1n) is 9.65. The highest BCUT2D eigenvalue weighted by Gasteiger charge is 2.25. The van der Waals surface area contributed by atoms with Gasteiger partial charge in [-0.15, -0.1) is 24.0 Å². The Labute approximate surface area is 175 Å². The molecule has 0 saturated carbocycles. The third-order valence-corrected chi connectivity index (χ3v) is 5.50. The molecule has 2 fully saturated rings. The Kier molecular flexibility index (Phi) is 9.15. The van der Waals surface area contributed by atoms with Crippen LogP contribution < -0.4 is 10.6 Å². The summed E-state index contributed by atoms with van der Waals surface area (Å²) in [6.45, 7) is 6.64. The van der Waals surface area contributed by atoms with E-state index in [0.717, 1.165) is 31.5 Å². The number of benzene rings is 1. The van der Waals surface area contributed by atoms with Gasteiger partial charge < -0.3 is 15.5 Å². The number of halogens is 1. The second-order valence-electron chi connectivity index (χ2n) is 7.50. The lowest BCUT2D eigenvalue weighted by atomic mass is 10.1. The predicted octanol–water partition coefficient (Wildman–Crippen LogP) is 2.39. The van der Waals surface area contributed by atoms with Crippen molar-refractivity contribution in [3.05, 3.63) is 35.9 Å². The summed E-state index contributed by atoms with van der Waals surface area (Å²) in [5.41, 5.74) is 1.40. The van der Waals surface area contributed by atoms with Crippen molar-refractivity contribution in [2.75, 3.05) is 46.8 Å². The van der Waals surface area contributed by atoms with Crippen LogP contribution in [0.25, 0.3) is 0 Å². The summed E-state index contributed by atoms with van der Waals surface area (Å²) in [5, 5.41) is 7.06. The Balaban J connectivity index is 0.00000243. The summed E-state index contributed by atoms with van der Waals surface area (Å²) in [6.07, 6.45) is 3.85. The molecule has 2 unspecified atom stereocenters. The second-order valence-corrected chi connectivity index (χ2v) is 7.50. The molecule has 2 N–H and O–H groups in total. The second kappa shape index (κ2) is 11.1. The van der Waals surface area contributed by atoms with Gasteiger partial charge in [-0.2, -0.15) is 0 Å². The van der Waals surface area contributed by atoms with Crippen molar-refractivity contribution in [2.24, 2.45) is 10.9 Å². The topological polar surface area (TPSA) is 42.9 Å². The van der Waals surface area contributed by atoms with Crippen molar-refractivity contribution in [2.45, 2.75) is 31.8 Å². The van der Waals surface area contributed by atoms with Gasteiger partial charge in [0.05, 0.1) is 0 Å². The van der Waals surface area contributed by atoms with Crippen LogP contribution in [0.4, 0.5) is 0 Å². The molecule has 1 aromatic carbocycles. The maximum Gasteiger partial charge on any atom is 0.191 e. The molecule has 2 saturated heterocycles. The van der Waals surface area contributed by atoms with Gasteiger partial charge in [0.15, 0.2) is 5.96 Å². The van der Waals surface area contributed by atoms with E-state index in [1.165, 1.54) is 44.5 Å². The summed E-state index contributed by atoms with van der Waals surface area (Å²) in [7, 11) is 4.07. The highest BCUT2D eigenvalue weighted by atomic mass is 127. The highest BCUT2D eigenvalue weighted by molar-refractivity contribution is 14.0. The van der Waals surface area contributed by atoms with E-state index in [1.807, 2.05) is 7.05 Å². The minimum absolute atomic E-state index is 0. The third kappa shape index (κ3) is 6.39. The van der Waals surface area contributed by atoms with Crippen LogP contribution >= 0.6 is 24.0 Å². The molecular weight excluding hydrogens is 437 g/mol. The smallest absolute Gasteiger partial charge is 0.191 e. The van der Waals surface area contributed by atoms with Crippen LogP contribution in [0.15, 0.2) is 35.3 Å². The molecule has 3 rings (SSSR count). The zero-order valence-electron chi connectivity index (χ0n) is 16.2. The van der Waals surface area contributed by atoms with E-state index >= 15 is 0 Å². The average Bonchev–Trinajstić information content (AvgIpc) is 3.25. The molecule has 6 heteroatoms. The zero-order valence-corrected chi connectivity index (χ0v) is 18.5. The van der Waals surface area contributed by atoms with Gasteiger partial charge in [0.1, 0.15) is 0 Å². The molecule has 146 valence electrons. The monoisotopic (exact) mass is 471 g/mol. The summed E-state index contributed by atoms with van der Waals surface area (Å²) < 4.78 is 0. The Morgan fingerprint density at radius 1 is 1.12 bits per heavy atom. The molecule has 2 heterocycles. The minimum atomic E-state index is 0. The summed E-state index contributed by atoms with van der Waals surface area (Å²) >= 11 is 0. The number of guanidine groups is 1. The van der Waals surface area contributed by atoms with Crippen LogP contribution in [0.5, 0.6) is 0 Å². The van der Waals surface area contributed by atoms with E-state index in [1.54, 1.807) is 0 Å². The van der Waals surface area contributed by atoms with E-state index in [2.05, 4.69) is 62.8 Å². The van der Waals surface area contributed by atoms with Gasteiger partial charge in [0.2, 0.25) is 0 Å². The summed E-state index contributed by atoms with van der Waals surface area (Å²) in [5.74, 6) is 1.69. The Bertz CT molecular complexity index is 550. The van der Waals surface area contributed by atoms with E-state index < -0.39 is 0 Å². The molecule has 0 aromatic heterocycles. The third-order valence-electron chi connectivity index (χ3n) is 5.50. The van der Waals surface area contributed by atoms with E-state index in [4.69, 9.17) is 0 Å². The molecule has 0 spiro atoms. The van der Waals surface area contributed by atoms with Crippen molar-refractivity contribution < 1.29 is 0 Å². The molecule has 0 radical (unpaired) electrons. The molecule has 2 atom stereocenters. The fraction of sp³-hybridized carbons (Fsp3) is 0.650. The molecular formula is C20H34IN5. The Morgan fingerprint density at radius 2 is 1.88 bits per heavy atom. The molecule has 2 aliphatic rings. The maximum absolute atomic E-state index is 4.40. The van der Waals surface area contributed by atoms with Crippen molar-refractivity contribution in [1.29, 1.82) is 0 Å². The van der Waals surface area contributed by atoms with Crippen LogP contribution in [0.2, 0.25) is 0 Å². The molecule has 5 nitrogen and oxygen atoms in total.